The Balaban J connectivity index is 2.19. The lowest BCUT2D eigenvalue weighted by Gasteiger charge is -2.04. The number of halogens is 1. The Morgan fingerprint density at radius 1 is 1.38 bits per heavy atom. The standard InChI is InChI=1S/C11H12ClN3S/c1-16-11-6-10(13)15(14-11)7-8-2-4-9(12)5-3-8/h2-6H,7,13H2,1H3. The van der Waals surface area contributed by atoms with Gasteiger partial charge in [0.1, 0.15) is 10.8 Å². The third-order valence-electron chi connectivity index (χ3n) is 2.24. The molecule has 0 saturated heterocycles. The lowest BCUT2D eigenvalue weighted by atomic mass is 10.2. The molecule has 5 heteroatoms. The molecule has 2 aromatic rings. The average molecular weight is 254 g/mol. The summed E-state index contributed by atoms with van der Waals surface area (Å²) < 4.78 is 1.79. The third kappa shape index (κ3) is 2.51. The highest BCUT2D eigenvalue weighted by Crippen LogP contribution is 2.18. The molecule has 0 unspecified atom stereocenters. The van der Waals surface area contributed by atoms with Crippen LogP contribution >= 0.6 is 23.4 Å². The number of rotatable bonds is 3. The second kappa shape index (κ2) is 4.80. The first-order chi connectivity index (χ1) is 7.69. The van der Waals surface area contributed by atoms with E-state index in [-0.39, 0.29) is 0 Å². The van der Waals surface area contributed by atoms with Crippen LogP contribution in [0.25, 0.3) is 0 Å². The molecular weight excluding hydrogens is 242 g/mol. The fraction of sp³-hybridized carbons (Fsp3) is 0.182. The number of hydrogen-bond acceptors (Lipinski definition) is 3. The minimum atomic E-state index is 0.670. The Morgan fingerprint density at radius 2 is 2.06 bits per heavy atom. The summed E-state index contributed by atoms with van der Waals surface area (Å²) in [6, 6.07) is 9.56. The van der Waals surface area contributed by atoms with Crippen molar-refractivity contribution < 1.29 is 0 Å². The molecular formula is C11H12ClN3S. The maximum absolute atomic E-state index is 5.86. The van der Waals surface area contributed by atoms with E-state index < -0.39 is 0 Å². The first kappa shape index (κ1) is 11.4. The van der Waals surface area contributed by atoms with Gasteiger partial charge in [-0.25, -0.2) is 4.68 Å². The zero-order valence-electron chi connectivity index (χ0n) is 8.85. The second-order valence-electron chi connectivity index (χ2n) is 3.40. The Labute approximate surface area is 104 Å². The van der Waals surface area contributed by atoms with Crippen LogP contribution in [-0.2, 0) is 6.54 Å². The SMILES string of the molecule is CSc1cc(N)n(Cc2ccc(Cl)cc2)n1. The summed E-state index contributed by atoms with van der Waals surface area (Å²) in [5, 5.41) is 6.04. The van der Waals surface area contributed by atoms with Crippen LogP contribution in [0.2, 0.25) is 5.02 Å². The minimum Gasteiger partial charge on any atom is -0.384 e. The highest BCUT2D eigenvalue weighted by molar-refractivity contribution is 7.98. The first-order valence-electron chi connectivity index (χ1n) is 4.81. The van der Waals surface area contributed by atoms with Crippen molar-refractivity contribution >= 4 is 29.2 Å². The van der Waals surface area contributed by atoms with Gasteiger partial charge in [0.25, 0.3) is 0 Å². The summed E-state index contributed by atoms with van der Waals surface area (Å²) in [6.07, 6.45) is 1.98. The fourth-order valence-corrected chi connectivity index (χ4v) is 1.94. The maximum atomic E-state index is 5.86. The van der Waals surface area contributed by atoms with Gasteiger partial charge in [-0.05, 0) is 24.0 Å². The van der Waals surface area contributed by atoms with Crippen molar-refractivity contribution in [2.75, 3.05) is 12.0 Å². The molecule has 0 atom stereocenters. The van der Waals surface area contributed by atoms with E-state index in [1.54, 1.807) is 16.4 Å². The average Bonchev–Trinajstić information content (AvgIpc) is 2.63. The zero-order valence-corrected chi connectivity index (χ0v) is 10.4. The van der Waals surface area contributed by atoms with E-state index in [0.717, 1.165) is 15.6 Å². The molecule has 0 aliphatic carbocycles. The van der Waals surface area contributed by atoms with Gasteiger partial charge in [0.2, 0.25) is 0 Å². The number of hydrogen-bond donors (Lipinski definition) is 1. The van der Waals surface area contributed by atoms with Crippen LogP contribution in [0.1, 0.15) is 5.56 Å². The molecule has 2 rings (SSSR count). The van der Waals surface area contributed by atoms with Gasteiger partial charge in [0, 0.05) is 11.1 Å². The summed E-state index contributed by atoms with van der Waals surface area (Å²) in [6.45, 7) is 0.670. The molecule has 0 fully saturated rings. The molecule has 3 nitrogen and oxygen atoms in total. The Morgan fingerprint density at radius 3 is 2.62 bits per heavy atom. The quantitative estimate of drug-likeness (QED) is 0.856. The van der Waals surface area contributed by atoms with Gasteiger partial charge in [-0.3, -0.25) is 0 Å². The Hall–Kier alpha value is -1.13. The second-order valence-corrected chi connectivity index (χ2v) is 4.66. The molecule has 1 heterocycles. The predicted octanol–water partition coefficient (Wildman–Crippen LogP) is 2.89. The molecule has 0 aliphatic heterocycles. The number of anilines is 1. The molecule has 0 spiro atoms. The summed E-state index contributed by atoms with van der Waals surface area (Å²) in [5.74, 6) is 0.680. The van der Waals surface area contributed by atoms with Crippen molar-refractivity contribution in [3.05, 3.63) is 40.9 Å². The van der Waals surface area contributed by atoms with Crippen LogP contribution in [0.3, 0.4) is 0 Å². The van der Waals surface area contributed by atoms with Gasteiger partial charge < -0.3 is 5.73 Å². The van der Waals surface area contributed by atoms with Crippen LogP contribution in [0.15, 0.2) is 35.4 Å². The number of nitrogens with zero attached hydrogens (tertiary/aromatic N) is 2. The molecule has 1 aromatic carbocycles. The number of nitrogens with two attached hydrogens (primary N) is 1. The van der Waals surface area contributed by atoms with Crippen LogP contribution < -0.4 is 5.73 Å². The maximum Gasteiger partial charge on any atom is 0.123 e. The van der Waals surface area contributed by atoms with Gasteiger partial charge in [-0.15, -0.1) is 11.8 Å². The van der Waals surface area contributed by atoms with Gasteiger partial charge >= 0.3 is 0 Å². The van der Waals surface area contributed by atoms with E-state index >= 15 is 0 Å². The summed E-state index contributed by atoms with van der Waals surface area (Å²) in [5.41, 5.74) is 6.99. The fourth-order valence-electron chi connectivity index (χ4n) is 1.40. The van der Waals surface area contributed by atoms with Gasteiger partial charge in [0.15, 0.2) is 0 Å². The molecule has 0 amide bonds. The monoisotopic (exact) mass is 253 g/mol. The number of nitrogen functional groups attached to an aromatic ring is 1. The van der Waals surface area contributed by atoms with E-state index in [9.17, 15) is 0 Å². The molecule has 0 bridgehead atoms. The highest BCUT2D eigenvalue weighted by Gasteiger charge is 2.04. The van der Waals surface area contributed by atoms with E-state index in [1.165, 1.54) is 0 Å². The van der Waals surface area contributed by atoms with Crippen LogP contribution in [0, 0.1) is 0 Å². The van der Waals surface area contributed by atoms with E-state index in [0.29, 0.717) is 12.4 Å². The van der Waals surface area contributed by atoms with Crippen molar-refractivity contribution in [2.45, 2.75) is 11.6 Å². The molecule has 1 aromatic heterocycles. The van der Waals surface area contributed by atoms with Crippen LogP contribution in [0.4, 0.5) is 5.82 Å². The van der Waals surface area contributed by atoms with Crippen molar-refractivity contribution in [1.82, 2.24) is 9.78 Å². The van der Waals surface area contributed by atoms with Gasteiger partial charge in [0.05, 0.1) is 6.54 Å². The molecule has 0 radical (unpaired) electrons. The van der Waals surface area contributed by atoms with E-state index in [1.807, 2.05) is 36.6 Å². The van der Waals surface area contributed by atoms with E-state index in [2.05, 4.69) is 5.10 Å². The van der Waals surface area contributed by atoms with Crippen molar-refractivity contribution in [2.24, 2.45) is 0 Å². The lowest BCUT2D eigenvalue weighted by Crippen LogP contribution is -2.05. The number of thioether (sulfide) groups is 1. The number of aromatic nitrogens is 2. The van der Waals surface area contributed by atoms with Crippen molar-refractivity contribution in [1.29, 1.82) is 0 Å². The smallest absolute Gasteiger partial charge is 0.123 e. The Bertz CT molecular complexity index is 478. The molecule has 84 valence electrons. The normalized spacial score (nSPS) is 10.6. The van der Waals surface area contributed by atoms with Crippen molar-refractivity contribution in [3.8, 4) is 0 Å². The lowest BCUT2D eigenvalue weighted by molar-refractivity contribution is 0.675. The largest absolute Gasteiger partial charge is 0.384 e. The van der Waals surface area contributed by atoms with Crippen molar-refractivity contribution in [3.63, 3.8) is 0 Å². The third-order valence-corrected chi connectivity index (χ3v) is 3.11. The predicted molar refractivity (Wildman–Crippen MR) is 69.0 cm³/mol. The van der Waals surface area contributed by atoms with Crippen LogP contribution in [-0.4, -0.2) is 16.0 Å². The molecule has 0 saturated carbocycles. The molecule has 0 aliphatic rings. The first-order valence-corrected chi connectivity index (χ1v) is 6.41. The van der Waals surface area contributed by atoms with Gasteiger partial charge in [-0.2, -0.15) is 5.10 Å². The summed E-state index contributed by atoms with van der Waals surface area (Å²) >= 11 is 7.41. The topological polar surface area (TPSA) is 43.8 Å². The highest BCUT2D eigenvalue weighted by atomic mass is 35.5. The summed E-state index contributed by atoms with van der Waals surface area (Å²) in [4.78, 5) is 0. The molecule has 2 N–H and O–H groups in total. The Kier molecular flexibility index (Phi) is 3.41. The molecule has 16 heavy (non-hydrogen) atoms. The van der Waals surface area contributed by atoms with Crippen LogP contribution in [0.5, 0.6) is 0 Å². The zero-order chi connectivity index (χ0) is 11.5. The van der Waals surface area contributed by atoms with E-state index in [4.69, 9.17) is 17.3 Å². The summed E-state index contributed by atoms with van der Waals surface area (Å²) in [7, 11) is 0. The van der Waals surface area contributed by atoms with Gasteiger partial charge in [-0.1, -0.05) is 23.7 Å². The minimum absolute atomic E-state index is 0.670. The number of benzene rings is 1.